The van der Waals surface area contributed by atoms with Gasteiger partial charge >= 0.3 is 0 Å². The van der Waals surface area contributed by atoms with Crippen LogP contribution in [0.3, 0.4) is 0 Å². The molecule has 0 aromatic heterocycles. The molecule has 0 heterocycles. The number of ether oxygens (including phenoxy) is 1. The van der Waals surface area contributed by atoms with Crippen LogP contribution in [-0.2, 0) is 16.4 Å². The maximum atomic E-state index is 13.8. The number of halogens is 2. The minimum Gasteiger partial charge on any atom is -0.452 e. The van der Waals surface area contributed by atoms with Crippen molar-refractivity contribution in [2.24, 2.45) is 5.73 Å². The van der Waals surface area contributed by atoms with Crippen molar-refractivity contribution in [3.63, 3.8) is 0 Å². The summed E-state index contributed by atoms with van der Waals surface area (Å²) in [6, 6.07) is 5.94. The smallest absolute Gasteiger partial charge is 0.229 e. The molecule has 5 nitrogen and oxygen atoms in total. The third-order valence-electron chi connectivity index (χ3n) is 3.77. The zero-order valence-electron chi connectivity index (χ0n) is 12.8. The van der Waals surface area contributed by atoms with E-state index in [2.05, 4.69) is 4.72 Å². The van der Waals surface area contributed by atoms with Crippen molar-refractivity contribution in [3.05, 3.63) is 53.1 Å². The summed E-state index contributed by atoms with van der Waals surface area (Å²) in [6.07, 6.45) is 2.47. The summed E-state index contributed by atoms with van der Waals surface area (Å²) in [5, 5.41) is 0. The van der Waals surface area contributed by atoms with Gasteiger partial charge in [-0.25, -0.2) is 17.2 Å². The standard InChI is InChI=1S/C16H16F2N2O3S/c1-24(21,22)20-14-6-9-2-4-13(19)11(9)8-16(14)23-15-5-3-10(17)7-12(15)18/h3,5-8,13,20H,2,4,19H2,1H3. The lowest BCUT2D eigenvalue weighted by Crippen LogP contribution is -2.11. The molecule has 24 heavy (non-hydrogen) atoms. The summed E-state index contributed by atoms with van der Waals surface area (Å²) >= 11 is 0. The fourth-order valence-corrected chi connectivity index (χ4v) is 3.27. The molecule has 128 valence electrons. The number of hydrogen-bond acceptors (Lipinski definition) is 4. The van der Waals surface area contributed by atoms with Crippen molar-refractivity contribution in [1.29, 1.82) is 0 Å². The molecule has 0 radical (unpaired) electrons. The Morgan fingerprint density at radius 1 is 1.21 bits per heavy atom. The van der Waals surface area contributed by atoms with E-state index in [1.165, 1.54) is 0 Å². The highest BCUT2D eigenvalue weighted by atomic mass is 32.2. The van der Waals surface area contributed by atoms with Crippen molar-refractivity contribution in [1.82, 2.24) is 0 Å². The summed E-state index contributed by atoms with van der Waals surface area (Å²) in [7, 11) is -3.55. The van der Waals surface area contributed by atoms with Crippen LogP contribution in [-0.4, -0.2) is 14.7 Å². The summed E-state index contributed by atoms with van der Waals surface area (Å²) in [4.78, 5) is 0. The fourth-order valence-electron chi connectivity index (χ4n) is 2.71. The molecule has 1 aliphatic rings. The summed E-state index contributed by atoms with van der Waals surface area (Å²) in [5.41, 5.74) is 7.95. The predicted molar refractivity (Wildman–Crippen MR) is 86.6 cm³/mol. The van der Waals surface area contributed by atoms with Crippen LogP contribution in [0.4, 0.5) is 14.5 Å². The molecule has 0 spiro atoms. The number of nitrogens with two attached hydrogens (primary N) is 1. The van der Waals surface area contributed by atoms with Gasteiger partial charge in [0.05, 0.1) is 11.9 Å². The van der Waals surface area contributed by atoms with Crippen molar-refractivity contribution in [2.45, 2.75) is 18.9 Å². The SMILES string of the molecule is CS(=O)(=O)Nc1cc2c(cc1Oc1ccc(F)cc1F)C(N)CC2. The average molecular weight is 354 g/mol. The van der Waals surface area contributed by atoms with Crippen LogP contribution >= 0.6 is 0 Å². The molecule has 0 amide bonds. The zero-order valence-corrected chi connectivity index (χ0v) is 13.7. The molecule has 2 aromatic rings. The van der Waals surface area contributed by atoms with Crippen LogP contribution < -0.4 is 15.2 Å². The monoisotopic (exact) mass is 354 g/mol. The van der Waals surface area contributed by atoms with Crippen molar-refractivity contribution >= 4 is 15.7 Å². The molecule has 8 heteroatoms. The second-order valence-corrected chi connectivity index (χ2v) is 7.49. The summed E-state index contributed by atoms with van der Waals surface area (Å²) < 4.78 is 57.8. The van der Waals surface area contributed by atoms with Crippen LogP contribution in [0.25, 0.3) is 0 Å². The Bertz CT molecular complexity index is 900. The first-order valence-corrected chi connectivity index (χ1v) is 9.15. The normalized spacial score (nSPS) is 16.8. The van der Waals surface area contributed by atoms with Gasteiger partial charge < -0.3 is 10.5 Å². The lowest BCUT2D eigenvalue weighted by Gasteiger charge is -2.16. The van der Waals surface area contributed by atoms with Crippen molar-refractivity contribution in [3.8, 4) is 11.5 Å². The third-order valence-corrected chi connectivity index (χ3v) is 4.37. The second-order valence-electron chi connectivity index (χ2n) is 5.74. The topological polar surface area (TPSA) is 81.4 Å². The van der Waals surface area contributed by atoms with Crippen LogP contribution in [0, 0.1) is 11.6 Å². The van der Waals surface area contributed by atoms with E-state index in [9.17, 15) is 17.2 Å². The quantitative estimate of drug-likeness (QED) is 0.884. The van der Waals surface area contributed by atoms with E-state index in [1.54, 1.807) is 12.1 Å². The number of aryl methyl sites for hydroxylation is 1. The van der Waals surface area contributed by atoms with Crippen LogP contribution in [0.15, 0.2) is 30.3 Å². The molecular weight excluding hydrogens is 338 g/mol. The summed E-state index contributed by atoms with van der Waals surface area (Å²) in [5.74, 6) is -1.71. The molecule has 2 aromatic carbocycles. The maximum Gasteiger partial charge on any atom is 0.229 e. The number of hydrogen-bond donors (Lipinski definition) is 2. The Labute approximate surface area is 138 Å². The molecule has 0 fully saturated rings. The van der Waals surface area contributed by atoms with Gasteiger partial charge in [0.2, 0.25) is 10.0 Å². The largest absolute Gasteiger partial charge is 0.452 e. The molecule has 0 saturated carbocycles. The molecule has 3 rings (SSSR count). The van der Waals surface area contributed by atoms with Gasteiger partial charge in [-0.1, -0.05) is 0 Å². The molecule has 0 aliphatic heterocycles. The third kappa shape index (κ3) is 3.49. The van der Waals surface area contributed by atoms with Crippen LogP contribution in [0.2, 0.25) is 0 Å². The lowest BCUT2D eigenvalue weighted by molar-refractivity contribution is 0.438. The van der Waals surface area contributed by atoms with Gasteiger partial charge in [0.15, 0.2) is 17.3 Å². The molecule has 3 N–H and O–H groups in total. The molecule has 0 bridgehead atoms. The number of nitrogens with one attached hydrogen (secondary N) is 1. The molecule has 1 unspecified atom stereocenters. The van der Waals surface area contributed by atoms with Gasteiger partial charge in [-0.05, 0) is 48.2 Å². The van der Waals surface area contributed by atoms with E-state index in [1.807, 2.05) is 0 Å². The van der Waals surface area contributed by atoms with E-state index < -0.39 is 21.7 Å². The highest BCUT2D eigenvalue weighted by Crippen LogP contribution is 2.39. The van der Waals surface area contributed by atoms with Gasteiger partial charge in [0.25, 0.3) is 0 Å². The molecule has 1 atom stereocenters. The predicted octanol–water partition coefficient (Wildman–Crippen LogP) is 3.07. The molecule has 1 aliphatic carbocycles. The first-order chi connectivity index (χ1) is 11.2. The van der Waals surface area contributed by atoms with Gasteiger partial charge in [-0.3, -0.25) is 4.72 Å². The minimum absolute atomic E-state index is 0.113. The van der Waals surface area contributed by atoms with E-state index in [-0.39, 0.29) is 23.2 Å². The van der Waals surface area contributed by atoms with Gasteiger partial charge in [0.1, 0.15) is 5.82 Å². The Hall–Kier alpha value is -2.19. The number of anilines is 1. The number of fused-ring (bicyclic) bond motifs is 1. The van der Waals surface area contributed by atoms with Crippen LogP contribution in [0.1, 0.15) is 23.6 Å². The van der Waals surface area contributed by atoms with E-state index >= 15 is 0 Å². The average Bonchev–Trinajstić information content (AvgIpc) is 2.81. The minimum atomic E-state index is -3.55. The Morgan fingerprint density at radius 3 is 2.62 bits per heavy atom. The Morgan fingerprint density at radius 2 is 1.96 bits per heavy atom. The lowest BCUT2D eigenvalue weighted by atomic mass is 10.1. The second kappa shape index (κ2) is 6.03. The first kappa shape index (κ1) is 16.7. The van der Waals surface area contributed by atoms with E-state index in [0.29, 0.717) is 6.07 Å². The number of rotatable bonds is 4. The highest BCUT2D eigenvalue weighted by Gasteiger charge is 2.23. The highest BCUT2D eigenvalue weighted by molar-refractivity contribution is 7.92. The Kier molecular flexibility index (Phi) is 4.18. The van der Waals surface area contributed by atoms with E-state index in [0.717, 1.165) is 42.4 Å². The molecular formula is C16H16F2N2O3S. The number of benzene rings is 2. The van der Waals surface area contributed by atoms with Crippen molar-refractivity contribution in [2.75, 3.05) is 11.0 Å². The van der Waals surface area contributed by atoms with Gasteiger partial charge in [-0.15, -0.1) is 0 Å². The molecule has 0 saturated heterocycles. The maximum absolute atomic E-state index is 13.8. The zero-order chi connectivity index (χ0) is 17.5. The Balaban J connectivity index is 2.05. The fraction of sp³-hybridized carbons (Fsp3) is 0.250. The van der Waals surface area contributed by atoms with Gasteiger partial charge in [-0.2, -0.15) is 0 Å². The summed E-state index contributed by atoms with van der Waals surface area (Å²) in [6.45, 7) is 0. The van der Waals surface area contributed by atoms with E-state index in [4.69, 9.17) is 10.5 Å². The number of sulfonamides is 1. The van der Waals surface area contributed by atoms with Crippen LogP contribution in [0.5, 0.6) is 11.5 Å². The van der Waals surface area contributed by atoms with Gasteiger partial charge in [0, 0.05) is 12.1 Å². The first-order valence-electron chi connectivity index (χ1n) is 7.26. The van der Waals surface area contributed by atoms with Crippen molar-refractivity contribution < 1.29 is 21.9 Å².